The Hall–Kier alpha value is -0.970. The van der Waals surface area contributed by atoms with Gasteiger partial charge in [0.2, 0.25) is 0 Å². The molecule has 1 rings (SSSR count). The summed E-state index contributed by atoms with van der Waals surface area (Å²) < 4.78 is 5.57. The second-order valence-electron chi connectivity index (χ2n) is 3.61. The van der Waals surface area contributed by atoms with Crippen molar-refractivity contribution in [2.45, 2.75) is 19.4 Å². The van der Waals surface area contributed by atoms with Crippen LogP contribution in [-0.2, 0) is 9.63 Å². The topological polar surface area (TPSA) is 38.8 Å². The molecule has 0 aliphatic heterocycles. The first-order valence-electron chi connectivity index (χ1n) is 5.43. The minimum atomic E-state index is -0.645. The maximum atomic E-state index is 11.9. The van der Waals surface area contributed by atoms with Crippen LogP contribution in [-0.4, -0.2) is 31.2 Å². The van der Waals surface area contributed by atoms with Gasteiger partial charge in [-0.1, -0.05) is 30.1 Å². The molecular formula is C12H15Cl2NO3. The van der Waals surface area contributed by atoms with Crippen molar-refractivity contribution in [3.05, 3.63) is 28.2 Å². The number of amides is 1. The molecule has 0 saturated heterocycles. The lowest BCUT2D eigenvalue weighted by atomic mass is 10.2. The average molecular weight is 292 g/mol. The van der Waals surface area contributed by atoms with Gasteiger partial charge < -0.3 is 4.74 Å². The number of carbonyl (C=O) groups is 1. The summed E-state index contributed by atoms with van der Waals surface area (Å²) in [7, 11) is 2.94. The lowest BCUT2D eigenvalue weighted by Gasteiger charge is -2.22. The molecule has 1 atom stereocenters. The fourth-order valence-electron chi connectivity index (χ4n) is 1.33. The van der Waals surface area contributed by atoms with Gasteiger partial charge in [0, 0.05) is 12.1 Å². The fraction of sp³-hybridized carbons (Fsp3) is 0.417. The fourth-order valence-corrected chi connectivity index (χ4v) is 1.78. The molecule has 0 radical (unpaired) electrons. The van der Waals surface area contributed by atoms with Gasteiger partial charge in [-0.05, 0) is 24.6 Å². The highest BCUT2D eigenvalue weighted by Gasteiger charge is 2.23. The summed E-state index contributed by atoms with van der Waals surface area (Å²) in [6, 6.07) is 4.85. The quantitative estimate of drug-likeness (QED) is 0.782. The van der Waals surface area contributed by atoms with Crippen LogP contribution < -0.4 is 4.74 Å². The molecule has 0 aromatic heterocycles. The van der Waals surface area contributed by atoms with Crippen molar-refractivity contribution in [1.29, 1.82) is 0 Å². The van der Waals surface area contributed by atoms with Crippen LogP contribution in [0.25, 0.3) is 0 Å². The maximum Gasteiger partial charge on any atom is 0.286 e. The molecule has 0 aliphatic carbocycles. The van der Waals surface area contributed by atoms with Crippen LogP contribution in [0.4, 0.5) is 0 Å². The highest BCUT2D eigenvalue weighted by Crippen LogP contribution is 2.28. The predicted octanol–water partition coefficient (Wildman–Crippen LogP) is 3.17. The molecule has 0 aliphatic rings. The van der Waals surface area contributed by atoms with E-state index in [4.69, 9.17) is 32.8 Å². The Labute approximate surface area is 116 Å². The minimum absolute atomic E-state index is 0.272. The van der Waals surface area contributed by atoms with E-state index in [0.29, 0.717) is 22.2 Å². The molecule has 1 aromatic rings. The lowest BCUT2D eigenvalue weighted by Crippen LogP contribution is -2.38. The van der Waals surface area contributed by atoms with Crippen molar-refractivity contribution in [3.8, 4) is 5.75 Å². The number of hydroxylamine groups is 2. The zero-order valence-corrected chi connectivity index (χ0v) is 12.0. The molecule has 0 saturated carbocycles. The Morgan fingerprint density at radius 2 is 2.11 bits per heavy atom. The molecule has 100 valence electrons. The van der Waals surface area contributed by atoms with Crippen molar-refractivity contribution >= 4 is 29.1 Å². The number of likely N-dealkylation sites (N-methyl/N-ethyl adjacent to an activating group) is 1. The molecule has 0 spiro atoms. The van der Waals surface area contributed by atoms with E-state index in [0.717, 1.165) is 5.06 Å². The molecular weight excluding hydrogens is 277 g/mol. The number of hydrogen-bond acceptors (Lipinski definition) is 3. The van der Waals surface area contributed by atoms with Crippen molar-refractivity contribution in [2.75, 3.05) is 14.2 Å². The average Bonchev–Trinajstić information content (AvgIpc) is 2.36. The lowest BCUT2D eigenvalue weighted by molar-refractivity contribution is -0.176. The summed E-state index contributed by atoms with van der Waals surface area (Å²) in [6.45, 7) is 1.84. The van der Waals surface area contributed by atoms with Crippen LogP contribution >= 0.6 is 23.2 Å². The normalized spacial score (nSPS) is 12.1. The van der Waals surface area contributed by atoms with Crippen LogP contribution in [0.2, 0.25) is 10.0 Å². The second kappa shape index (κ2) is 6.83. The van der Waals surface area contributed by atoms with Crippen LogP contribution in [0.5, 0.6) is 5.75 Å². The molecule has 0 bridgehead atoms. The van der Waals surface area contributed by atoms with Gasteiger partial charge in [0.15, 0.2) is 6.10 Å². The molecule has 1 aromatic carbocycles. The van der Waals surface area contributed by atoms with Crippen LogP contribution in [0.3, 0.4) is 0 Å². The number of nitrogens with zero attached hydrogens (tertiary/aromatic N) is 1. The highest BCUT2D eigenvalue weighted by atomic mass is 35.5. The molecule has 4 nitrogen and oxygen atoms in total. The Morgan fingerprint density at radius 1 is 1.44 bits per heavy atom. The standard InChI is InChI=1S/C12H15Cl2NO3/c1-4-10(12(16)15(2)17-3)18-11-6-5-8(13)7-9(11)14/h5-7,10H,4H2,1-3H3. The first kappa shape index (κ1) is 15.1. The molecule has 1 unspecified atom stereocenters. The van der Waals surface area contributed by atoms with Gasteiger partial charge in [-0.25, -0.2) is 5.06 Å². The Morgan fingerprint density at radius 3 is 2.61 bits per heavy atom. The smallest absolute Gasteiger partial charge is 0.286 e. The molecule has 0 N–H and O–H groups in total. The third kappa shape index (κ3) is 3.77. The Kier molecular flexibility index (Phi) is 5.72. The van der Waals surface area contributed by atoms with Gasteiger partial charge in [0.25, 0.3) is 5.91 Å². The zero-order valence-electron chi connectivity index (χ0n) is 10.4. The number of ether oxygens (including phenoxy) is 1. The summed E-state index contributed by atoms with van der Waals surface area (Å²) >= 11 is 11.8. The second-order valence-corrected chi connectivity index (χ2v) is 4.45. The molecule has 1 amide bonds. The third-order valence-corrected chi connectivity index (χ3v) is 2.92. The largest absolute Gasteiger partial charge is 0.479 e. The van der Waals surface area contributed by atoms with Crippen molar-refractivity contribution in [2.24, 2.45) is 0 Å². The van der Waals surface area contributed by atoms with Gasteiger partial charge >= 0.3 is 0 Å². The van der Waals surface area contributed by atoms with Gasteiger partial charge in [-0.15, -0.1) is 0 Å². The first-order valence-corrected chi connectivity index (χ1v) is 6.18. The van der Waals surface area contributed by atoms with Crippen molar-refractivity contribution in [1.82, 2.24) is 5.06 Å². The third-order valence-electron chi connectivity index (χ3n) is 2.39. The van der Waals surface area contributed by atoms with Crippen molar-refractivity contribution < 1.29 is 14.4 Å². The van der Waals surface area contributed by atoms with E-state index in [1.165, 1.54) is 14.2 Å². The minimum Gasteiger partial charge on any atom is -0.479 e. The van der Waals surface area contributed by atoms with E-state index in [2.05, 4.69) is 0 Å². The van der Waals surface area contributed by atoms with E-state index < -0.39 is 6.10 Å². The van der Waals surface area contributed by atoms with E-state index in [1.807, 2.05) is 6.92 Å². The number of benzene rings is 1. The van der Waals surface area contributed by atoms with Crippen molar-refractivity contribution in [3.63, 3.8) is 0 Å². The monoisotopic (exact) mass is 291 g/mol. The van der Waals surface area contributed by atoms with Crippen LogP contribution in [0.15, 0.2) is 18.2 Å². The van der Waals surface area contributed by atoms with Crippen LogP contribution in [0, 0.1) is 0 Å². The Bertz CT molecular complexity index is 426. The zero-order chi connectivity index (χ0) is 13.7. The molecule has 0 heterocycles. The number of hydrogen-bond donors (Lipinski definition) is 0. The predicted molar refractivity (Wildman–Crippen MR) is 70.9 cm³/mol. The van der Waals surface area contributed by atoms with Gasteiger partial charge in [0.05, 0.1) is 12.1 Å². The maximum absolute atomic E-state index is 11.9. The SMILES string of the molecule is CCC(Oc1ccc(Cl)cc1Cl)C(=O)N(C)OC. The molecule has 0 fully saturated rings. The highest BCUT2D eigenvalue weighted by molar-refractivity contribution is 6.35. The summed E-state index contributed by atoms with van der Waals surface area (Å²) in [4.78, 5) is 16.7. The van der Waals surface area contributed by atoms with Crippen LogP contribution in [0.1, 0.15) is 13.3 Å². The summed E-state index contributed by atoms with van der Waals surface area (Å²) in [5.41, 5.74) is 0. The van der Waals surface area contributed by atoms with E-state index in [-0.39, 0.29) is 5.91 Å². The van der Waals surface area contributed by atoms with E-state index in [9.17, 15) is 4.79 Å². The summed E-state index contributed by atoms with van der Waals surface area (Å²) in [5.74, 6) is 0.150. The van der Waals surface area contributed by atoms with Gasteiger partial charge in [-0.3, -0.25) is 9.63 Å². The number of carbonyl (C=O) groups excluding carboxylic acids is 1. The number of rotatable bonds is 5. The number of halogens is 2. The van der Waals surface area contributed by atoms with Gasteiger partial charge in [0.1, 0.15) is 5.75 Å². The summed E-state index contributed by atoms with van der Waals surface area (Å²) in [6.07, 6.45) is -0.139. The first-order chi connectivity index (χ1) is 8.49. The molecule has 18 heavy (non-hydrogen) atoms. The van der Waals surface area contributed by atoms with E-state index >= 15 is 0 Å². The van der Waals surface area contributed by atoms with E-state index in [1.54, 1.807) is 18.2 Å². The Balaban J connectivity index is 2.83. The summed E-state index contributed by atoms with van der Waals surface area (Å²) in [5, 5.41) is 2.01. The molecule has 6 heteroatoms. The van der Waals surface area contributed by atoms with Gasteiger partial charge in [-0.2, -0.15) is 0 Å².